The fraction of sp³-hybridized carbons (Fsp3) is 0.636. The largest absolute Gasteiger partial charge is 0.383 e. The fourth-order valence-corrected chi connectivity index (χ4v) is 6.21. The monoisotopic (exact) mass is 370 g/mol. The zero-order chi connectivity index (χ0) is 18.9. The minimum atomic E-state index is -0.463. The summed E-state index contributed by atoms with van der Waals surface area (Å²) in [6, 6.07) is 8.74. The Bertz CT molecular complexity index is 653. The van der Waals surface area contributed by atoms with Crippen LogP contribution in [0.4, 0.5) is 0 Å². The van der Waals surface area contributed by atoms with Gasteiger partial charge in [0.15, 0.2) is 0 Å². The Labute approximate surface area is 161 Å². The Morgan fingerprint density at radius 2 is 1.67 bits per heavy atom. The van der Waals surface area contributed by atoms with Crippen LogP contribution in [0, 0.1) is 23.2 Å². The van der Waals surface area contributed by atoms with E-state index in [9.17, 15) is 9.59 Å². The van der Waals surface area contributed by atoms with Crippen LogP contribution in [0.25, 0.3) is 0 Å². The van der Waals surface area contributed by atoms with Gasteiger partial charge >= 0.3 is 0 Å². The second-order valence-electron chi connectivity index (χ2n) is 8.84. The van der Waals surface area contributed by atoms with Crippen molar-refractivity contribution in [2.24, 2.45) is 23.2 Å². The van der Waals surface area contributed by atoms with Crippen LogP contribution in [0.15, 0.2) is 30.3 Å². The maximum atomic E-state index is 13.1. The molecule has 5 heteroatoms. The molecule has 0 aliphatic heterocycles. The van der Waals surface area contributed by atoms with E-state index in [4.69, 9.17) is 4.74 Å². The van der Waals surface area contributed by atoms with Crippen LogP contribution in [-0.4, -0.2) is 38.1 Å². The minimum Gasteiger partial charge on any atom is -0.383 e. The first-order chi connectivity index (χ1) is 13.1. The molecule has 0 saturated heterocycles. The van der Waals surface area contributed by atoms with Gasteiger partial charge in [0.25, 0.3) is 5.91 Å². The molecule has 27 heavy (non-hydrogen) atoms. The molecule has 2 N–H and O–H groups in total. The molecule has 4 aliphatic carbocycles. The van der Waals surface area contributed by atoms with Crippen molar-refractivity contribution >= 4 is 11.8 Å². The van der Waals surface area contributed by atoms with Crippen LogP contribution < -0.4 is 10.6 Å². The molecule has 4 aliphatic rings. The van der Waals surface area contributed by atoms with Gasteiger partial charge in [0.05, 0.1) is 6.61 Å². The van der Waals surface area contributed by atoms with Gasteiger partial charge in [-0.1, -0.05) is 18.2 Å². The summed E-state index contributed by atoms with van der Waals surface area (Å²) >= 11 is 0. The summed E-state index contributed by atoms with van der Waals surface area (Å²) in [5.41, 5.74) is 0.521. The molecule has 1 aromatic rings. The summed E-state index contributed by atoms with van der Waals surface area (Å²) in [7, 11) is 1.62. The van der Waals surface area contributed by atoms with Gasteiger partial charge in [-0.25, -0.2) is 0 Å². The Morgan fingerprint density at radius 3 is 2.22 bits per heavy atom. The van der Waals surface area contributed by atoms with Crippen LogP contribution in [0.2, 0.25) is 0 Å². The van der Waals surface area contributed by atoms with Gasteiger partial charge in [-0.3, -0.25) is 9.59 Å². The van der Waals surface area contributed by atoms with Crippen molar-refractivity contribution in [3.63, 3.8) is 0 Å². The smallest absolute Gasteiger partial charge is 0.251 e. The van der Waals surface area contributed by atoms with Crippen molar-refractivity contribution in [1.29, 1.82) is 0 Å². The Kier molecular flexibility index (Phi) is 5.22. The predicted molar refractivity (Wildman–Crippen MR) is 103 cm³/mol. The number of carbonyl (C=O) groups excluding carboxylic acids is 2. The number of ether oxygens (including phenoxy) is 1. The summed E-state index contributed by atoms with van der Waals surface area (Å²) in [6.45, 7) is 0.950. The van der Waals surface area contributed by atoms with Crippen molar-refractivity contribution in [3.8, 4) is 0 Å². The summed E-state index contributed by atoms with van der Waals surface area (Å²) < 4.78 is 5.07. The molecule has 1 atom stereocenters. The number of amides is 2. The molecular formula is C22H30N2O3. The molecule has 0 heterocycles. The minimum absolute atomic E-state index is 0.0571. The van der Waals surface area contributed by atoms with E-state index in [1.54, 1.807) is 19.2 Å². The van der Waals surface area contributed by atoms with E-state index < -0.39 is 6.04 Å². The highest BCUT2D eigenvalue weighted by Crippen LogP contribution is 2.61. The van der Waals surface area contributed by atoms with Crippen molar-refractivity contribution < 1.29 is 14.3 Å². The quantitative estimate of drug-likeness (QED) is 0.725. The molecule has 5 rings (SSSR count). The van der Waals surface area contributed by atoms with Gasteiger partial charge < -0.3 is 15.4 Å². The third-order valence-corrected chi connectivity index (χ3v) is 6.88. The van der Waals surface area contributed by atoms with Crippen molar-refractivity contribution in [2.45, 2.75) is 44.6 Å². The van der Waals surface area contributed by atoms with Crippen LogP contribution in [-0.2, 0) is 9.53 Å². The zero-order valence-corrected chi connectivity index (χ0v) is 16.1. The van der Waals surface area contributed by atoms with Crippen molar-refractivity contribution in [1.82, 2.24) is 10.6 Å². The van der Waals surface area contributed by atoms with E-state index in [2.05, 4.69) is 10.6 Å². The number of carbonyl (C=O) groups is 2. The number of hydrogen-bond acceptors (Lipinski definition) is 3. The number of rotatable bonds is 7. The lowest BCUT2D eigenvalue weighted by Gasteiger charge is -2.58. The van der Waals surface area contributed by atoms with Gasteiger partial charge in [-0.05, 0) is 68.4 Å². The molecule has 146 valence electrons. The van der Waals surface area contributed by atoms with Crippen LogP contribution in [0.5, 0.6) is 0 Å². The van der Waals surface area contributed by atoms with Gasteiger partial charge in [0.1, 0.15) is 6.04 Å². The van der Waals surface area contributed by atoms with E-state index in [0.717, 1.165) is 37.0 Å². The highest BCUT2D eigenvalue weighted by atomic mass is 16.5. The first-order valence-electron chi connectivity index (χ1n) is 10.2. The van der Waals surface area contributed by atoms with Crippen molar-refractivity contribution in [3.05, 3.63) is 35.9 Å². The second kappa shape index (κ2) is 7.63. The van der Waals surface area contributed by atoms with Gasteiger partial charge in [0.2, 0.25) is 5.91 Å². The summed E-state index contributed by atoms with van der Waals surface area (Å²) in [5, 5.41) is 6.11. The first kappa shape index (κ1) is 18.5. The standard InChI is InChI=1S/C22H30N2O3/c1-27-8-7-23-21(26)19(24-20(25)18-5-3-2-4-6-18)22-12-15-9-16(13-22)11-17(10-15)14-22/h2-6,15-17,19H,7-14H2,1H3,(H,23,26)(H,24,25)/t15?,16?,17?,19-,22?/m0/s1. The molecule has 1 aromatic carbocycles. The van der Waals surface area contributed by atoms with Gasteiger partial charge in [0, 0.05) is 24.6 Å². The lowest BCUT2D eigenvalue weighted by molar-refractivity contribution is -0.134. The molecule has 2 amide bonds. The van der Waals surface area contributed by atoms with Gasteiger partial charge in [-0.15, -0.1) is 0 Å². The topological polar surface area (TPSA) is 67.4 Å². The average Bonchev–Trinajstić information content (AvgIpc) is 2.65. The lowest BCUT2D eigenvalue weighted by Crippen LogP contribution is -2.62. The Balaban J connectivity index is 1.56. The van der Waals surface area contributed by atoms with E-state index >= 15 is 0 Å². The summed E-state index contributed by atoms with van der Waals surface area (Å²) in [5.74, 6) is 1.95. The lowest BCUT2D eigenvalue weighted by atomic mass is 9.47. The number of benzene rings is 1. The predicted octanol–water partition coefficient (Wildman–Crippen LogP) is 2.76. The third-order valence-electron chi connectivity index (χ3n) is 6.88. The first-order valence-corrected chi connectivity index (χ1v) is 10.2. The highest BCUT2D eigenvalue weighted by molar-refractivity contribution is 5.97. The highest BCUT2D eigenvalue weighted by Gasteiger charge is 2.56. The Hall–Kier alpha value is -1.88. The van der Waals surface area contributed by atoms with Crippen LogP contribution in [0.1, 0.15) is 48.9 Å². The van der Waals surface area contributed by atoms with E-state index in [-0.39, 0.29) is 17.2 Å². The second-order valence-corrected chi connectivity index (χ2v) is 8.84. The van der Waals surface area contributed by atoms with Crippen molar-refractivity contribution in [2.75, 3.05) is 20.3 Å². The SMILES string of the molecule is COCCNC(=O)[C@H](NC(=O)c1ccccc1)C12CC3CC(CC(C3)C1)C2. The maximum absolute atomic E-state index is 13.1. The number of methoxy groups -OCH3 is 1. The van der Waals surface area contributed by atoms with E-state index in [1.165, 1.54) is 19.3 Å². The summed E-state index contributed by atoms with van der Waals surface area (Å²) in [4.78, 5) is 26.0. The molecule has 0 aromatic heterocycles. The molecule has 0 unspecified atom stereocenters. The maximum Gasteiger partial charge on any atom is 0.251 e. The zero-order valence-electron chi connectivity index (χ0n) is 16.1. The molecule has 4 saturated carbocycles. The molecular weight excluding hydrogens is 340 g/mol. The molecule has 4 fully saturated rings. The Morgan fingerprint density at radius 1 is 1.07 bits per heavy atom. The molecule has 5 nitrogen and oxygen atoms in total. The molecule has 4 bridgehead atoms. The van der Waals surface area contributed by atoms with E-state index in [1.807, 2.05) is 18.2 Å². The van der Waals surface area contributed by atoms with Crippen LogP contribution in [0.3, 0.4) is 0 Å². The molecule has 0 radical (unpaired) electrons. The normalized spacial score (nSPS) is 32.1. The summed E-state index contributed by atoms with van der Waals surface area (Å²) in [6.07, 6.45) is 7.13. The fourth-order valence-electron chi connectivity index (χ4n) is 6.21. The third kappa shape index (κ3) is 3.75. The van der Waals surface area contributed by atoms with E-state index in [0.29, 0.717) is 18.7 Å². The number of nitrogens with one attached hydrogen (secondary N) is 2. The molecule has 0 spiro atoms. The number of hydrogen-bond donors (Lipinski definition) is 2. The van der Waals surface area contributed by atoms with Gasteiger partial charge in [-0.2, -0.15) is 0 Å². The van der Waals surface area contributed by atoms with Crippen LogP contribution >= 0.6 is 0 Å². The average molecular weight is 370 g/mol.